The van der Waals surface area contributed by atoms with E-state index in [4.69, 9.17) is 0 Å². The lowest BCUT2D eigenvalue weighted by atomic mass is 10.2. The molecule has 1 fully saturated rings. The van der Waals surface area contributed by atoms with E-state index in [0.29, 0.717) is 26.2 Å². The lowest BCUT2D eigenvalue weighted by Crippen LogP contribution is -2.49. The highest BCUT2D eigenvalue weighted by Gasteiger charge is 2.30. The second kappa shape index (κ2) is 8.11. The van der Waals surface area contributed by atoms with E-state index in [-0.39, 0.29) is 11.1 Å². The van der Waals surface area contributed by atoms with Crippen LogP contribution in [0.3, 0.4) is 0 Å². The van der Waals surface area contributed by atoms with E-state index >= 15 is 0 Å². The summed E-state index contributed by atoms with van der Waals surface area (Å²) in [6, 6.07) is 3.63. The fourth-order valence-electron chi connectivity index (χ4n) is 4.08. The van der Waals surface area contributed by atoms with Crippen molar-refractivity contribution in [3.8, 4) is 11.3 Å². The molecule has 11 nitrogen and oxygen atoms in total. The number of sulfonamides is 1. The van der Waals surface area contributed by atoms with Crippen LogP contribution in [0.4, 0.5) is 0 Å². The number of aromatic amines is 1. The molecular weight excluding hydrogens is 430 g/mol. The Morgan fingerprint density at radius 2 is 1.97 bits per heavy atom. The van der Waals surface area contributed by atoms with Crippen LogP contribution >= 0.6 is 0 Å². The minimum absolute atomic E-state index is 0.104. The van der Waals surface area contributed by atoms with E-state index < -0.39 is 10.0 Å². The molecule has 32 heavy (non-hydrogen) atoms. The number of fused-ring (bicyclic) bond motifs is 1. The smallest absolute Gasteiger partial charge is 0.262 e. The molecule has 5 heterocycles. The van der Waals surface area contributed by atoms with Crippen LogP contribution in [0.15, 0.2) is 48.3 Å². The quantitative estimate of drug-likeness (QED) is 0.463. The molecule has 5 rings (SSSR count). The van der Waals surface area contributed by atoms with Crippen molar-refractivity contribution in [1.29, 1.82) is 0 Å². The van der Waals surface area contributed by atoms with Gasteiger partial charge in [-0.2, -0.15) is 14.5 Å². The normalized spacial score (nSPS) is 17.2. The Hall–Kier alpha value is -3.09. The fourth-order valence-corrected chi connectivity index (χ4v) is 5.45. The molecule has 1 saturated heterocycles. The van der Waals surface area contributed by atoms with Crippen LogP contribution in [0.2, 0.25) is 0 Å². The third-order valence-corrected chi connectivity index (χ3v) is 7.62. The molecular formula is C20H25N9O2S. The van der Waals surface area contributed by atoms with Gasteiger partial charge in [0.15, 0.2) is 5.03 Å². The van der Waals surface area contributed by atoms with Crippen LogP contribution in [-0.2, 0) is 17.1 Å². The van der Waals surface area contributed by atoms with Crippen molar-refractivity contribution in [2.45, 2.75) is 18.0 Å². The van der Waals surface area contributed by atoms with Gasteiger partial charge in [-0.25, -0.2) is 18.4 Å². The Morgan fingerprint density at radius 1 is 1.16 bits per heavy atom. The van der Waals surface area contributed by atoms with Gasteiger partial charge in [-0.3, -0.25) is 14.3 Å². The zero-order chi connectivity index (χ0) is 22.3. The standard InChI is InChI=1S/C20H25N9O2S/c1-15(29-13-16(11-24-29)19-17-3-5-21-20(17)23-14-22-19)12-27-7-9-28(10-8-27)32(30,31)18-4-6-26(2)25-18/h3-6,11,13-15H,7-10,12H2,1-2H3,(H,21,22,23). The summed E-state index contributed by atoms with van der Waals surface area (Å²) >= 11 is 0. The second-order valence-corrected chi connectivity index (χ2v) is 9.94. The Balaban J connectivity index is 1.22. The number of nitrogens with zero attached hydrogens (tertiary/aromatic N) is 8. The van der Waals surface area contributed by atoms with E-state index in [1.165, 1.54) is 15.1 Å². The molecule has 12 heteroatoms. The highest BCUT2D eigenvalue weighted by molar-refractivity contribution is 7.89. The van der Waals surface area contributed by atoms with Gasteiger partial charge in [-0.1, -0.05) is 0 Å². The SMILES string of the molecule is CC(CN1CCN(S(=O)(=O)c2ccn(C)n2)CC1)n1cc(-c2ncnc3[nH]ccc23)cn1. The third kappa shape index (κ3) is 3.80. The molecule has 0 amide bonds. The summed E-state index contributed by atoms with van der Waals surface area (Å²) in [5, 5.41) is 9.67. The lowest BCUT2D eigenvalue weighted by molar-refractivity contribution is 0.166. The Bertz CT molecular complexity index is 1330. The number of hydrogen-bond donors (Lipinski definition) is 1. The molecule has 0 spiro atoms. The topological polar surface area (TPSA) is 118 Å². The molecule has 1 aliphatic heterocycles. The van der Waals surface area contributed by atoms with Gasteiger partial charge in [0.2, 0.25) is 0 Å². The predicted octanol–water partition coefficient (Wildman–Crippen LogP) is 1.12. The first-order valence-electron chi connectivity index (χ1n) is 10.5. The first kappa shape index (κ1) is 20.8. The summed E-state index contributed by atoms with van der Waals surface area (Å²) < 4.78 is 30.5. The van der Waals surface area contributed by atoms with Crippen LogP contribution < -0.4 is 0 Å². The Labute approximate surface area is 185 Å². The van der Waals surface area contributed by atoms with E-state index in [1.54, 1.807) is 19.6 Å². The summed E-state index contributed by atoms with van der Waals surface area (Å²) in [5.41, 5.74) is 2.59. The molecule has 1 N–H and O–H groups in total. The van der Waals surface area contributed by atoms with Gasteiger partial charge in [0.05, 0.1) is 17.9 Å². The fraction of sp³-hybridized carbons (Fsp3) is 0.400. The number of nitrogens with one attached hydrogen (secondary N) is 1. The summed E-state index contributed by atoms with van der Waals surface area (Å²) in [6.07, 6.45) is 8.87. The largest absolute Gasteiger partial charge is 0.346 e. The van der Waals surface area contributed by atoms with Crippen LogP contribution in [0.25, 0.3) is 22.3 Å². The Kier molecular flexibility index (Phi) is 5.27. The zero-order valence-electron chi connectivity index (χ0n) is 18.0. The minimum Gasteiger partial charge on any atom is -0.346 e. The van der Waals surface area contributed by atoms with Crippen molar-refractivity contribution in [3.05, 3.63) is 43.2 Å². The predicted molar refractivity (Wildman–Crippen MR) is 118 cm³/mol. The van der Waals surface area contributed by atoms with Crippen molar-refractivity contribution < 1.29 is 8.42 Å². The van der Waals surface area contributed by atoms with E-state index in [2.05, 4.69) is 37.0 Å². The summed E-state index contributed by atoms with van der Waals surface area (Å²) in [6.45, 7) is 5.12. The van der Waals surface area contributed by atoms with Gasteiger partial charge >= 0.3 is 0 Å². The van der Waals surface area contributed by atoms with Gasteiger partial charge < -0.3 is 4.98 Å². The minimum atomic E-state index is -3.54. The number of aromatic nitrogens is 7. The number of H-pyrrole nitrogens is 1. The molecule has 0 aromatic carbocycles. The van der Waals surface area contributed by atoms with Gasteiger partial charge in [0.25, 0.3) is 10.0 Å². The van der Waals surface area contributed by atoms with Crippen LogP contribution in [0.1, 0.15) is 13.0 Å². The van der Waals surface area contributed by atoms with Crippen molar-refractivity contribution >= 4 is 21.1 Å². The molecule has 0 saturated carbocycles. The maximum absolute atomic E-state index is 12.8. The van der Waals surface area contributed by atoms with Crippen molar-refractivity contribution in [1.82, 2.24) is 43.7 Å². The van der Waals surface area contributed by atoms with E-state index in [9.17, 15) is 8.42 Å². The van der Waals surface area contributed by atoms with Crippen molar-refractivity contribution in [2.75, 3.05) is 32.7 Å². The molecule has 168 valence electrons. The van der Waals surface area contributed by atoms with Gasteiger partial charge in [-0.15, -0.1) is 0 Å². The van der Waals surface area contributed by atoms with Crippen LogP contribution in [-0.4, -0.2) is 84.9 Å². The summed E-state index contributed by atoms with van der Waals surface area (Å²) in [4.78, 5) is 14.0. The average Bonchev–Trinajstić information content (AvgIpc) is 3.54. The Morgan fingerprint density at radius 3 is 2.72 bits per heavy atom. The highest BCUT2D eigenvalue weighted by atomic mass is 32.2. The number of aryl methyl sites for hydroxylation is 1. The highest BCUT2D eigenvalue weighted by Crippen LogP contribution is 2.25. The van der Waals surface area contributed by atoms with Gasteiger partial charge in [-0.05, 0) is 19.1 Å². The number of hydrogen-bond acceptors (Lipinski definition) is 7. The van der Waals surface area contributed by atoms with E-state index in [0.717, 1.165) is 28.8 Å². The first-order valence-corrected chi connectivity index (χ1v) is 11.9. The molecule has 0 aliphatic carbocycles. The second-order valence-electron chi connectivity index (χ2n) is 8.05. The third-order valence-electron chi connectivity index (χ3n) is 5.83. The molecule has 0 radical (unpaired) electrons. The van der Waals surface area contributed by atoms with Crippen molar-refractivity contribution in [2.24, 2.45) is 7.05 Å². The lowest BCUT2D eigenvalue weighted by Gasteiger charge is -2.34. The summed E-state index contributed by atoms with van der Waals surface area (Å²) in [7, 11) is -1.83. The van der Waals surface area contributed by atoms with E-state index in [1.807, 2.05) is 29.3 Å². The molecule has 1 atom stereocenters. The number of piperazine rings is 1. The average molecular weight is 456 g/mol. The maximum Gasteiger partial charge on any atom is 0.262 e. The zero-order valence-corrected chi connectivity index (χ0v) is 18.8. The van der Waals surface area contributed by atoms with Gasteiger partial charge in [0, 0.05) is 69.3 Å². The maximum atomic E-state index is 12.8. The number of rotatable bonds is 6. The molecule has 4 aromatic rings. The first-order chi connectivity index (χ1) is 15.4. The molecule has 4 aromatic heterocycles. The molecule has 0 bridgehead atoms. The summed E-state index contributed by atoms with van der Waals surface area (Å²) in [5.74, 6) is 0. The molecule has 1 aliphatic rings. The van der Waals surface area contributed by atoms with Crippen LogP contribution in [0.5, 0.6) is 0 Å². The molecule has 1 unspecified atom stereocenters. The monoisotopic (exact) mass is 455 g/mol. The van der Waals surface area contributed by atoms with Gasteiger partial charge in [0.1, 0.15) is 12.0 Å². The van der Waals surface area contributed by atoms with Crippen LogP contribution in [0, 0.1) is 0 Å². The van der Waals surface area contributed by atoms with Crippen molar-refractivity contribution in [3.63, 3.8) is 0 Å².